The minimum atomic E-state index is -2.64. The van der Waals surface area contributed by atoms with Gasteiger partial charge in [0.25, 0.3) is 0 Å². The smallest absolute Gasteiger partial charge is 0.250 e. The zero-order valence-corrected chi connectivity index (χ0v) is 18.0. The molecule has 1 unspecified atom stereocenters. The Labute approximate surface area is 178 Å². The molecule has 0 bridgehead atoms. The molecule has 1 fully saturated rings. The van der Waals surface area contributed by atoms with Crippen molar-refractivity contribution in [2.75, 3.05) is 11.9 Å². The molecule has 31 heavy (non-hydrogen) atoms. The van der Waals surface area contributed by atoms with Crippen LogP contribution in [0.1, 0.15) is 53.2 Å². The number of rotatable bonds is 8. The van der Waals surface area contributed by atoms with Crippen LogP contribution in [0.3, 0.4) is 0 Å². The summed E-state index contributed by atoms with van der Waals surface area (Å²) in [6.07, 6.45) is 4.73. The van der Waals surface area contributed by atoms with Crippen molar-refractivity contribution in [1.29, 1.82) is 0 Å². The molecular weight excluding hydrogens is 408 g/mol. The van der Waals surface area contributed by atoms with Crippen molar-refractivity contribution in [2.24, 2.45) is 0 Å². The number of halogens is 2. The van der Waals surface area contributed by atoms with Crippen LogP contribution >= 0.6 is 0 Å². The second kappa shape index (κ2) is 8.37. The number of ether oxygens (including phenoxy) is 2. The summed E-state index contributed by atoms with van der Waals surface area (Å²) in [4.78, 5) is 9.02. The van der Waals surface area contributed by atoms with E-state index in [-0.39, 0.29) is 37.2 Å². The van der Waals surface area contributed by atoms with Crippen molar-refractivity contribution in [3.05, 3.63) is 18.7 Å². The summed E-state index contributed by atoms with van der Waals surface area (Å²) in [6, 6.07) is -0.368. The highest BCUT2D eigenvalue weighted by molar-refractivity contribution is 5.74. The molecule has 0 saturated heterocycles. The van der Waals surface area contributed by atoms with E-state index in [9.17, 15) is 8.78 Å². The lowest BCUT2D eigenvalue weighted by Crippen LogP contribution is -2.19. The number of aromatic nitrogens is 6. The van der Waals surface area contributed by atoms with E-state index in [1.54, 1.807) is 10.9 Å². The summed E-state index contributed by atoms with van der Waals surface area (Å²) in [5.74, 6) is -1.91. The fraction of sp³-hybridized carbons (Fsp3) is 0.600. The number of nitrogens with zero attached hydrogens (tertiary/aromatic N) is 6. The van der Waals surface area contributed by atoms with Gasteiger partial charge in [0, 0.05) is 37.3 Å². The van der Waals surface area contributed by atoms with Gasteiger partial charge in [-0.05, 0) is 34.1 Å². The Kier molecular flexibility index (Phi) is 5.78. The third-order valence-electron chi connectivity index (χ3n) is 5.09. The van der Waals surface area contributed by atoms with Crippen LogP contribution in [-0.2, 0) is 4.74 Å². The lowest BCUT2D eigenvalue weighted by molar-refractivity contribution is 0.00849. The molecule has 0 aromatic carbocycles. The van der Waals surface area contributed by atoms with Gasteiger partial charge < -0.3 is 14.8 Å². The van der Waals surface area contributed by atoms with Crippen LogP contribution < -0.4 is 10.1 Å². The van der Waals surface area contributed by atoms with Crippen molar-refractivity contribution in [3.63, 3.8) is 0 Å². The normalized spacial score (nSPS) is 19.3. The van der Waals surface area contributed by atoms with Gasteiger partial charge in [-0.2, -0.15) is 14.6 Å². The number of nitrogens with one attached hydrogen (secondary N) is 1. The molecule has 2 atom stereocenters. The van der Waals surface area contributed by atoms with Gasteiger partial charge in [0.1, 0.15) is 18.2 Å². The van der Waals surface area contributed by atoms with Crippen LogP contribution in [0.5, 0.6) is 5.75 Å². The van der Waals surface area contributed by atoms with E-state index in [0.29, 0.717) is 30.1 Å². The van der Waals surface area contributed by atoms with Crippen LogP contribution in [-0.4, -0.2) is 54.0 Å². The molecular formula is C20H27F2N7O2. The van der Waals surface area contributed by atoms with Crippen molar-refractivity contribution >= 4 is 11.6 Å². The second-order valence-corrected chi connectivity index (χ2v) is 8.00. The first kappa shape index (κ1) is 21.4. The monoisotopic (exact) mass is 435 g/mol. The first-order valence-electron chi connectivity index (χ1n) is 10.5. The summed E-state index contributed by atoms with van der Waals surface area (Å²) >= 11 is 0. The maximum atomic E-state index is 13.5. The molecule has 1 aliphatic carbocycles. The highest BCUT2D eigenvalue weighted by atomic mass is 19.3. The number of anilines is 1. The third kappa shape index (κ3) is 4.60. The molecule has 0 radical (unpaired) electrons. The predicted octanol–water partition coefficient (Wildman–Crippen LogP) is 3.93. The zero-order valence-electron chi connectivity index (χ0n) is 18.0. The molecule has 1 aliphatic rings. The van der Waals surface area contributed by atoms with Crippen LogP contribution in [0, 0.1) is 0 Å². The first-order chi connectivity index (χ1) is 14.8. The fourth-order valence-electron chi connectivity index (χ4n) is 3.68. The maximum Gasteiger partial charge on any atom is 0.250 e. The molecule has 1 saturated carbocycles. The fourth-order valence-corrected chi connectivity index (χ4v) is 3.68. The molecule has 1 N–H and O–H groups in total. The highest BCUT2D eigenvalue weighted by Crippen LogP contribution is 2.37. The third-order valence-corrected chi connectivity index (χ3v) is 5.09. The van der Waals surface area contributed by atoms with E-state index in [2.05, 4.69) is 25.5 Å². The molecule has 3 aromatic heterocycles. The van der Waals surface area contributed by atoms with Gasteiger partial charge in [-0.25, -0.2) is 18.4 Å². The van der Waals surface area contributed by atoms with Gasteiger partial charge >= 0.3 is 0 Å². The number of hydrogen-bond donors (Lipinski definition) is 1. The Morgan fingerprint density at radius 2 is 2.13 bits per heavy atom. The molecule has 3 heterocycles. The average Bonchev–Trinajstić information content (AvgIpc) is 3.40. The van der Waals surface area contributed by atoms with Crippen molar-refractivity contribution < 1.29 is 18.3 Å². The van der Waals surface area contributed by atoms with Gasteiger partial charge in [0.05, 0.1) is 12.3 Å². The van der Waals surface area contributed by atoms with E-state index >= 15 is 0 Å². The Morgan fingerprint density at radius 3 is 2.81 bits per heavy atom. The minimum absolute atomic E-state index is 0.129. The molecule has 9 nitrogen and oxygen atoms in total. The van der Waals surface area contributed by atoms with E-state index in [0.717, 1.165) is 5.56 Å². The maximum absolute atomic E-state index is 13.5. The summed E-state index contributed by atoms with van der Waals surface area (Å²) in [5.41, 5.74) is 1.77. The quantitative estimate of drug-likeness (QED) is 0.573. The number of fused-ring (bicyclic) bond motifs is 1. The van der Waals surface area contributed by atoms with Crippen LogP contribution in [0.2, 0.25) is 0 Å². The average molecular weight is 435 g/mol. The van der Waals surface area contributed by atoms with Crippen LogP contribution in [0.25, 0.3) is 16.9 Å². The van der Waals surface area contributed by atoms with E-state index in [1.165, 1.54) is 10.8 Å². The molecule has 11 heteroatoms. The van der Waals surface area contributed by atoms with Crippen molar-refractivity contribution in [1.82, 2.24) is 29.4 Å². The van der Waals surface area contributed by atoms with Gasteiger partial charge in [0.2, 0.25) is 17.5 Å². The Balaban J connectivity index is 1.68. The van der Waals surface area contributed by atoms with E-state index in [1.807, 2.05) is 33.9 Å². The SMILES string of the molecule is CCOC(C)n1cc(-c2ncn3nc(N[C@H]4CCC(F)(F)C4)nc3c2OC(C)C)cn1. The Hall–Kier alpha value is -2.82. The van der Waals surface area contributed by atoms with Crippen molar-refractivity contribution in [2.45, 2.75) is 71.3 Å². The van der Waals surface area contributed by atoms with Crippen LogP contribution in [0.4, 0.5) is 14.7 Å². The molecule has 0 amide bonds. The lowest BCUT2D eigenvalue weighted by atomic mass is 10.2. The standard InChI is InChI=1S/C20H27F2N7O2/c1-5-30-13(4)28-10-14(9-24-28)16-17(31-12(2)3)18-26-19(27-29(18)11-23-16)25-15-6-7-20(21,22)8-15/h9-13,15H,5-8H2,1-4H3,(H,25,27)/t13?,15-/m0/s1. The molecule has 4 rings (SSSR count). The van der Waals surface area contributed by atoms with Gasteiger partial charge in [-0.1, -0.05) is 0 Å². The van der Waals surface area contributed by atoms with E-state index < -0.39 is 5.92 Å². The Morgan fingerprint density at radius 1 is 1.32 bits per heavy atom. The Bertz CT molecular complexity index is 1050. The molecule has 3 aromatic rings. The topological polar surface area (TPSA) is 91.4 Å². The number of hydrogen-bond acceptors (Lipinski definition) is 7. The predicted molar refractivity (Wildman–Crippen MR) is 110 cm³/mol. The number of alkyl halides is 2. The summed E-state index contributed by atoms with van der Waals surface area (Å²) in [7, 11) is 0. The van der Waals surface area contributed by atoms with Crippen molar-refractivity contribution in [3.8, 4) is 17.0 Å². The summed E-state index contributed by atoms with van der Waals surface area (Å²) in [6.45, 7) is 8.22. The summed E-state index contributed by atoms with van der Waals surface area (Å²) < 4.78 is 41.9. The zero-order chi connectivity index (χ0) is 22.2. The molecule has 168 valence electrons. The van der Waals surface area contributed by atoms with Gasteiger partial charge in [-0.15, -0.1) is 5.10 Å². The van der Waals surface area contributed by atoms with Gasteiger partial charge in [-0.3, -0.25) is 0 Å². The molecule has 0 spiro atoms. The highest BCUT2D eigenvalue weighted by Gasteiger charge is 2.39. The van der Waals surface area contributed by atoms with Gasteiger partial charge in [0.15, 0.2) is 5.75 Å². The first-order valence-corrected chi connectivity index (χ1v) is 10.5. The second-order valence-electron chi connectivity index (χ2n) is 8.00. The minimum Gasteiger partial charge on any atom is -0.485 e. The summed E-state index contributed by atoms with van der Waals surface area (Å²) in [5, 5.41) is 11.7. The van der Waals surface area contributed by atoms with E-state index in [4.69, 9.17) is 9.47 Å². The van der Waals surface area contributed by atoms with Crippen LogP contribution in [0.15, 0.2) is 18.7 Å². The molecule has 0 aliphatic heterocycles. The lowest BCUT2D eigenvalue weighted by Gasteiger charge is -2.13. The largest absolute Gasteiger partial charge is 0.485 e.